The lowest BCUT2D eigenvalue weighted by atomic mass is 9.76. The van der Waals surface area contributed by atoms with E-state index in [1.165, 1.54) is 12.5 Å². The fraction of sp³-hybridized carbons (Fsp3) is 0.280. The number of anilines is 1. The SMILES string of the molecule is CC(=O)c1cccnc1.CC1(c2ccc(S(=O)Nc3ccc(Cl)cc3)cc2)CCOCC1. The summed E-state index contributed by atoms with van der Waals surface area (Å²) in [5.41, 5.74) is 2.89. The molecule has 0 saturated carbocycles. The standard InChI is InChI=1S/C18H20ClNO2S.C7H7NO/c1-18(10-12-22-13-11-18)14-2-8-17(9-3-14)23(21)20-16-6-4-15(19)5-7-16;1-6(9)7-3-2-4-8-5-7/h2-9,20H,10-13H2,1H3;2-5H,1H3. The van der Waals surface area contributed by atoms with Gasteiger partial charge in [-0.15, -0.1) is 0 Å². The van der Waals surface area contributed by atoms with Gasteiger partial charge in [0.1, 0.15) is 11.0 Å². The van der Waals surface area contributed by atoms with E-state index in [2.05, 4.69) is 28.8 Å². The highest BCUT2D eigenvalue weighted by Crippen LogP contribution is 2.34. The number of hydrogen-bond acceptors (Lipinski definition) is 4. The van der Waals surface area contributed by atoms with Gasteiger partial charge >= 0.3 is 0 Å². The number of Topliss-reactive ketones (excluding diaryl/α,β-unsaturated/α-hetero) is 1. The van der Waals surface area contributed by atoms with Gasteiger partial charge in [0.2, 0.25) is 0 Å². The molecule has 3 aromatic rings. The van der Waals surface area contributed by atoms with Crippen molar-refractivity contribution in [3.63, 3.8) is 0 Å². The van der Waals surface area contributed by atoms with Gasteiger partial charge in [0.05, 0.1) is 4.90 Å². The van der Waals surface area contributed by atoms with Crippen LogP contribution in [0.3, 0.4) is 0 Å². The molecule has 32 heavy (non-hydrogen) atoms. The number of nitrogens with one attached hydrogen (secondary N) is 1. The van der Waals surface area contributed by atoms with Crippen LogP contribution in [0.25, 0.3) is 0 Å². The van der Waals surface area contributed by atoms with Crippen molar-refractivity contribution in [2.45, 2.75) is 37.0 Å². The van der Waals surface area contributed by atoms with Crippen molar-refractivity contribution in [3.05, 3.63) is 89.2 Å². The Kier molecular flexibility index (Phi) is 8.56. The first-order chi connectivity index (χ1) is 15.4. The van der Waals surface area contributed by atoms with E-state index in [4.69, 9.17) is 16.3 Å². The molecule has 1 aliphatic heterocycles. The molecule has 2 heterocycles. The number of halogens is 1. The van der Waals surface area contributed by atoms with Crippen LogP contribution < -0.4 is 4.72 Å². The molecule has 0 aliphatic carbocycles. The second kappa shape index (κ2) is 11.4. The van der Waals surface area contributed by atoms with E-state index < -0.39 is 11.0 Å². The number of carbonyl (C=O) groups is 1. The Morgan fingerprint density at radius 3 is 2.25 bits per heavy atom. The molecule has 0 radical (unpaired) electrons. The van der Waals surface area contributed by atoms with Gasteiger partial charge in [-0.05, 0) is 79.3 Å². The fourth-order valence-corrected chi connectivity index (χ4v) is 4.32. The van der Waals surface area contributed by atoms with Gasteiger partial charge in [-0.1, -0.05) is 30.7 Å². The predicted octanol–water partition coefficient (Wildman–Crippen LogP) is 5.83. The van der Waals surface area contributed by atoms with E-state index in [-0.39, 0.29) is 11.2 Å². The molecule has 1 fully saturated rings. The highest BCUT2D eigenvalue weighted by molar-refractivity contribution is 7.86. The Hall–Kier alpha value is -2.54. The average Bonchev–Trinajstić information content (AvgIpc) is 2.82. The van der Waals surface area contributed by atoms with Crippen LogP contribution in [0.1, 0.15) is 42.6 Å². The third kappa shape index (κ3) is 6.73. The number of pyridine rings is 1. The molecule has 1 N–H and O–H groups in total. The Morgan fingerprint density at radius 1 is 1.06 bits per heavy atom. The zero-order valence-corrected chi connectivity index (χ0v) is 19.8. The number of benzene rings is 2. The van der Waals surface area contributed by atoms with Gasteiger partial charge in [0, 0.05) is 41.9 Å². The monoisotopic (exact) mass is 470 g/mol. The minimum absolute atomic E-state index is 0.0584. The van der Waals surface area contributed by atoms with Gasteiger partial charge in [-0.25, -0.2) is 4.21 Å². The largest absolute Gasteiger partial charge is 0.381 e. The maximum atomic E-state index is 12.4. The van der Waals surface area contributed by atoms with E-state index in [9.17, 15) is 9.00 Å². The third-order valence-electron chi connectivity index (χ3n) is 5.48. The first kappa shape index (κ1) is 24.1. The summed E-state index contributed by atoms with van der Waals surface area (Å²) in [6, 6.07) is 18.7. The molecule has 168 valence electrons. The number of ketones is 1. The highest BCUT2D eigenvalue weighted by atomic mass is 35.5. The number of rotatable bonds is 5. The number of carbonyl (C=O) groups excluding carboxylic acids is 1. The van der Waals surface area contributed by atoms with Crippen LogP contribution in [0.2, 0.25) is 5.02 Å². The molecule has 5 nitrogen and oxygen atoms in total. The summed E-state index contributed by atoms with van der Waals surface area (Å²) in [7, 11) is -1.29. The molecule has 1 unspecified atom stereocenters. The highest BCUT2D eigenvalue weighted by Gasteiger charge is 2.29. The van der Waals surface area contributed by atoms with Gasteiger partial charge in [0.15, 0.2) is 5.78 Å². The second-order valence-corrected chi connectivity index (χ2v) is 9.52. The Bertz CT molecular complexity index is 1040. The van der Waals surface area contributed by atoms with Crippen LogP contribution in [-0.4, -0.2) is 28.2 Å². The Morgan fingerprint density at radius 2 is 1.72 bits per heavy atom. The van der Waals surface area contributed by atoms with Crippen molar-refractivity contribution in [2.24, 2.45) is 0 Å². The molecule has 1 atom stereocenters. The van der Waals surface area contributed by atoms with Crippen LogP contribution in [0.4, 0.5) is 5.69 Å². The summed E-state index contributed by atoms with van der Waals surface area (Å²) in [4.78, 5) is 15.2. The lowest BCUT2D eigenvalue weighted by Crippen LogP contribution is -2.30. The first-order valence-corrected chi connectivity index (χ1v) is 11.9. The van der Waals surface area contributed by atoms with Gasteiger partial charge in [-0.3, -0.25) is 9.78 Å². The van der Waals surface area contributed by atoms with Crippen molar-refractivity contribution < 1.29 is 13.7 Å². The van der Waals surface area contributed by atoms with Crippen LogP contribution in [0.15, 0.2) is 78.0 Å². The summed E-state index contributed by atoms with van der Waals surface area (Å²) in [6.45, 7) is 5.41. The van der Waals surface area contributed by atoms with Crippen molar-refractivity contribution in [1.29, 1.82) is 0 Å². The lowest BCUT2D eigenvalue weighted by Gasteiger charge is -2.34. The van der Waals surface area contributed by atoms with Crippen LogP contribution >= 0.6 is 11.6 Å². The maximum Gasteiger partial charge on any atom is 0.161 e. The van der Waals surface area contributed by atoms with E-state index in [1.54, 1.807) is 36.7 Å². The van der Waals surface area contributed by atoms with Crippen molar-refractivity contribution in [3.8, 4) is 0 Å². The van der Waals surface area contributed by atoms with E-state index in [0.717, 1.165) is 36.6 Å². The summed E-state index contributed by atoms with van der Waals surface area (Å²) < 4.78 is 20.9. The fourth-order valence-electron chi connectivity index (χ4n) is 3.35. The first-order valence-electron chi connectivity index (χ1n) is 10.4. The Labute approximate surface area is 196 Å². The number of ether oxygens (including phenoxy) is 1. The molecular formula is C25H27ClN2O3S. The van der Waals surface area contributed by atoms with Crippen LogP contribution in [-0.2, 0) is 21.1 Å². The lowest BCUT2D eigenvalue weighted by molar-refractivity contribution is 0.0564. The predicted molar refractivity (Wildman–Crippen MR) is 130 cm³/mol. The molecule has 7 heteroatoms. The summed E-state index contributed by atoms with van der Waals surface area (Å²) in [5.74, 6) is 0.0584. The molecule has 2 aromatic carbocycles. The smallest absolute Gasteiger partial charge is 0.161 e. The molecular weight excluding hydrogens is 444 g/mol. The normalized spacial score (nSPS) is 15.7. The molecule has 0 bridgehead atoms. The van der Waals surface area contributed by atoms with Crippen LogP contribution in [0, 0.1) is 0 Å². The number of aromatic nitrogens is 1. The van der Waals surface area contributed by atoms with Gasteiger partial charge in [0.25, 0.3) is 0 Å². The molecule has 0 amide bonds. The second-order valence-electron chi connectivity index (χ2n) is 7.87. The van der Waals surface area contributed by atoms with E-state index >= 15 is 0 Å². The van der Waals surface area contributed by atoms with Crippen molar-refractivity contribution in [2.75, 3.05) is 17.9 Å². The van der Waals surface area contributed by atoms with Gasteiger partial charge < -0.3 is 9.46 Å². The van der Waals surface area contributed by atoms with Crippen LogP contribution in [0.5, 0.6) is 0 Å². The number of hydrogen-bond donors (Lipinski definition) is 1. The molecule has 1 aromatic heterocycles. The van der Waals surface area contributed by atoms with Crippen molar-refractivity contribution >= 4 is 34.1 Å². The van der Waals surface area contributed by atoms with E-state index in [0.29, 0.717) is 10.6 Å². The van der Waals surface area contributed by atoms with E-state index in [1.807, 2.05) is 24.3 Å². The molecule has 0 spiro atoms. The number of nitrogens with zero attached hydrogens (tertiary/aromatic N) is 1. The molecule has 1 saturated heterocycles. The quantitative estimate of drug-likeness (QED) is 0.476. The maximum absolute atomic E-state index is 12.4. The molecule has 1 aliphatic rings. The topological polar surface area (TPSA) is 68.3 Å². The Balaban J connectivity index is 0.000000269. The summed E-state index contributed by atoms with van der Waals surface area (Å²) in [6.07, 6.45) is 5.26. The average molecular weight is 471 g/mol. The zero-order chi connectivity index (χ0) is 23.0. The molecule has 4 rings (SSSR count). The minimum atomic E-state index is -1.29. The third-order valence-corrected chi connectivity index (χ3v) is 6.86. The van der Waals surface area contributed by atoms with Crippen molar-refractivity contribution in [1.82, 2.24) is 4.98 Å². The summed E-state index contributed by atoms with van der Waals surface area (Å²) in [5, 5.41) is 0.662. The summed E-state index contributed by atoms with van der Waals surface area (Å²) >= 11 is 5.86. The van der Waals surface area contributed by atoms with Gasteiger partial charge in [-0.2, -0.15) is 0 Å². The minimum Gasteiger partial charge on any atom is -0.381 e. The zero-order valence-electron chi connectivity index (χ0n) is 18.2.